The van der Waals surface area contributed by atoms with E-state index in [1.54, 1.807) is 0 Å². The Hall–Kier alpha value is -0.500. The molecule has 0 aliphatic carbocycles. The van der Waals surface area contributed by atoms with Crippen LogP contribution >= 0.6 is 7.82 Å². The van der Waals surface area contributed by atoms with E-state index in [4.69, 9.17) is 13.8 Å². The second-order valence-electron chi connectivity index (χ2n) is 8.11. The molecular weight excluding hydrogens is 385 g/mol. The minimum atomic E-state index is -4.49. The highest BCUT2D eigenvalue weighted by Gasteiger charge is 2.19. The minimum absolute atomic E-state index is 0.00764. The van der Waals surface area contributed by atoms with E-state index in [1.807, 2.05) is 21.1 Å². The highest BCUT2D eigenvalue weighted by atomic mass is 31.2. The van der Waals surface area contributed by atoms with Gasteiger partial charge >= 0.3 is 5.97 Å². The third-order valence-electron chi connectivity index (χ3n) is 4.17. The Morgan fingerprint density at radius 2 is 1.61 bits per heavy atom. The number of ether oxygens (including phenoxy) is 1. The summed E-state index contributed by atoms with van der Waals surface area (Å²) in [5, 5.41) is 9.27. The quantitative estimate of drug-likeness (QED) is 0.156. The Labute approximate surface area is 170 Å². The van der Waals surface area contributed by atoms with Crippen molar-refractivity contribution >= 4 is 13.8 Å². The van der Waals surface area contributed by atoms with Gasteiger partial charge in [0, 0.05) is 6.42 Å². The number of aliphatic hydroxyl groups is 1. The van der Waals surface area contributed by atoms with Gasteiger partial charge in [0.1, 0.15) is 19.3 Å². The summed E-state index contributed by atoms with van der Waals surface area (Å²) in [5.74, 6) is -0.458. The van der Waals surface area contributed by atoms with E-state index in [2.05, 4.69) is 6.92 Å². The molecular formula is C19H40NO7P. The van der Waals surface area contributed by atoms with Crippen LogP contribution in [0.2, 0.25) is 0 Å². The van der Waals surface area contributed by atoms with Crippen molar-refractivity contribution in [2.24, 2.45) is 0 Å². The smallest absolute Gasteiger partial charge is 0.306 e. The van der Waals surface area contributed by atoms with Crippen LogP contribution in [-0.4, -0.2) is 69.2 Å². The van der Waals surface area contributed by atoms with E-state index in [9.17, 15) is 19.4 Å². The number of rotatable bonds is 18. The van der Waals surface area contributed by atoms with Gasteiger partial charge in [-0.15, -0.1) is 0 Å². The summed E-state index contributed by atoms with van der Waals surface area (Å²) in [6, 6.07) is 0. The molecule has 0 aromatic carbocycles. The summed E-state index contributed by atoms with van der Waals surface area (Å²) in [4.78, 5) is 23.5. The number of carbonyl (C=O) groups excluding carboxylic acids is 1. The van der Waals surface area contributed by atoms with E-state index in [0.29, 0.717) is 11.0 Å². The molecule has 8 nitrogen and oxygen atoms in total. The molecule has 0 saturated heterocycles. The molecule has 1 unspecified atom stereocenters. The molecule has 0 spiro atoms. The first-order valence-corrected chi connectivity index (χ1v) is 11.8. The van der Waals surface area contributed by atoms with Crippen LogP contribution < -0.4 is 4.89 Å². The van der Waals surface area contributed by atoms with Crippen molar-refractivity contribution in [1.29, 1.82) is 0 Å². The molecule has 28 heavy (non-hydrogen) atoms. The van der Waals surface area contributed by atoms with Crippen molar-refractivity contribution in [1.82, 2.24) is 0 Å². The zero-order chi connectivity index (χ0) is 21.5. The van der Waals surface area contributed by atoms with Crippen LogP contribution in [0.4, 0.5) is 0 Å². The van der Waals surface area contributed by atoms with E-state index < -0.39 is 33.1 Å². The Balaban J connectivity index is 3.93. The Morgan fingerprint density at radius 1 is 1.04 bits per heavy atom. The lowest BCUT2D eigenvalue weighted by Crippen LogP contribution is -2.37. The summed E-state index contributed by atoms with van der Waals surface area (Å²) in [6.45, 7) is 1.71. The summed E-state index contributed by atoms with van der Waals surface area (Å²) in [6.07, 6.45) is 8.17. The largest absolute Gasteiger partial charge is 0.756 e. The first kappa shape index (κ1) is 27.5. The molecule has 168 valence electrons. The fourth-order valence-corrected chi connectivity index (χ4v) is 3.14. The molecule has 0 amide bonds. The zero-order valence-corrected chi connectivity index (χ0v) is 19.0. The van der Waals surface area contributed by atoms with Gasteiger partial charge in [-0.2, -0.15) is 0 Å². The molecule has 0 aromatic rings. The number of nitrogens with zero attached hydrogens (tertiary/aromatic N) is 1. The number of aliphatic hydroxyl groups excluding tert-OH is 1. The molecule has 0 fully saturated rings. The molecule has 9 heteroatoms. The van der Waals surface area contributed by atoms with Crippen molar-refractivity contribution in [2.75, 3.05) is 47.5 Å². The maximum Gasteiger partial charge on any atom is 0.306 e. The molecule has 0 bridgehead atoms. The Bertz CT molecular complexity index is 454. The van der Waals surface area contributed by atoms with Gasteiger partial charge in [0.2, 0.25) is 0 Å². The van der Waals surface area contributed by atoms with Gasteiger partial charge in [0.15, 0.2) is 0 Å². The number of quaternary nitrogens is 1. The third kappa shape index (κ3) is 17.6. The monoisotopic (exact) mass is 425 g/mol. The number of hydrogen-bond donors (Lipinski definition) is 1. The topological polar surface area (TPSA) is 105 Å². The van der Waals surface area contributed by atoms with Crippen molar-refractivity contribution in [2.45, 2.75) is 70.8 Å². The van der Waals surface area contributed by atoms with Crippen LogP contribution in [0, 0.1) is 0 Å². The molecule has 0 aliphatic rings. The highest BCUT2D eigenvalue weighted by Crippen LogP contribution is 2.38. The van der Waals surface area contributed by atoms with Crippen LogP contribution in [0.3, 0.4) is 0 Å². The van der Waals surface area contributed by atoms with Gasteiger partial charge in [-0.25, -0.2) is 0 Å². The number of phosphoric ester groups is 1. The van der Waals surface area contributed by atoms with E-state index in [-0.39, 0.29) is 13.0 Å². The van der Waals surface area contributed by atoms with Gasteiger partial charge in [0.05, 0.1) is 34.4 Å². The van der Waals surface area contributed by atoms with E-state index >= 15 is 0 Å². The first-order chi connectivity index (χ1) is 13.1. The number of hydrogen-bond acceptors (Lipinski definition) is 7. The predicted molar refractivity (Wildman–Crippen MR) is 107 cm³/mol. The van der Waals surface area contributed by atoms with Crippen molar-refractivity contribution in [3.63, 3.8) is 0 Å². The van der Waals surface area contributed by atoms with Gasteiger partial charge < -0.3 is 28.3 Å². The van der Waals surface area contributed by atoms with Gasteiger partial charge in [-0.3, -0.25) is 9.36 Å². The minimum Gasteiger partial charge on any atom is -0.756 e. The number of esters is 1. The summed E-state index contributed by atoms with van der Waals surface area (Å²) in [5.41, 5.74) is 0. The lowest BCUT2D eigenvalue weighted by Gasteiger charge is -2.28. The molecule has 0 heterocycles. The second-order valence-corrected chi connectivity index (χ2v) is 9.52. The number of phosphoric acid groups is 1. The highest BCUT2D eigenvalue weighted by molar-refractivity contribution is 7.45. The van der Waals surface area contributed by atoms with Crippen LogP contribution in [-0.2, 0) is 23.1 Å². The number of unbranched alkanes of at least 4 members (excludes halogenated alkanes) is 7. The van der Waals surface area contributed by atoms with Crippen molar-refractivity contribution < 1.29 is 37.6 Å². The molecule has 0 rings (SSSR count). The third-order valence-corrected chi connectivity index (χ3v) is 5.13. The summed E-state index contributed by atoms with van der Waals surface area (Å²) in [7, 11) is 1.24. The molecule has 0 aliphatic heterocycles. The lowest BCUT2D eigenvalue weighted by atomic mass is 10.1. The summed E-state index contributed by atoms with van der Waals surface area (Å²) < 4.78 is 26.8. The molecule has 0 aromatic heterocycles. The Morgan fingerprint density at radius 3 is 2.14 bits per heavy atom. The molecule has 0 radical (unpaired) electrons. The van der Waals surface area contributed by atoms with Crippen LogP contribution in [0.5, 0.6) is 0 Å². The molecule has 1 N–H and O–H groups in total. The Kier molecular flexibility index (Phi) is 15.1. The van der Waals surface area contributed by atoms with Gasteiger partial charge in [-0.05, 0) is 6.42 Å². The number of carbonyl (C=O) groups is 1. The van der Waals surface area contributed by atoms with Crippen molar-refractivity contribution in [3.8, 4) is 0 Å². The molecule has 2 atom stereocenters. The van der Waals surface area contributed by atoms with Crippen molar-refractivity contribution in [3.05, 3.63) is 0 Å². The number of likely N-dealkylation sites (N-methyl/N-ethyl adjacent to an activating group) is 1. The van der Waals surface area contributed by atoms with Crippen LogP contribution in [0.1, 0.15) is 64.7 Å². The fraction of sp³-hybridized carbons (Fsp3) is 0.947. The average molecular weight is 426 g/mol. The second kappa shape index (κ2) is 15.4. The summed E-state index contributed by atoms with van der Waals surface area (Å²) >= 11 is 0. The van der Waals surface area contributed by atoms with E-state index in [1.165, 1.54) is 32.1 Å². The fourth-order valence-electron chi connectivity index (χ4n) is 2.41. The predicted octanol–water partition coefficient (Wildman–Crippen LogP) is 2.63. The maximum absolute atomic E-state index is 11.8. The standard InChI is InChI=1S/C19H40NO7P/c1-5-6-7-8-9-10-11-12-13-19(22)27-18(16-21)17-26-28(23,24)25-15-14-20(2,3)4/h18,21H,5-17H2,1-4H3/t18-/m0/s1. The average Bonchev–Trinajstić information content (AvgIpc) is 2.59. The SMILES string of the molecule is CCCCCCCCCCC(=O)O[C@@H](CO)COP(=O)([O-])OCC[N+](C)(C)C. The first-order valence-electron chi connectivity index (χ1n) is 10.3. The van der Waals surface area contributed by atoms with Crippen LogP contribution in [0.25, 0.3) is 0 Å². The normalized spacial score (nSPS) is 15.2. The zero-order valence-electron chi connectivity index (χ0n) is 18.1. The lowest BCUT2D eigenvalue weighted by molar-refractivity contribution is -0.870. The van der Waals surface area contributed by atoms with Gasteiger partial charge in [0.25, 0.3) is 7.82 Å². The van der Waals surface area contributed by atoms with Crippen LogP contribution in [0.15, 0.2) is 0 Å². The molecule has 0 saturated carbocycles. The van der Waals surface area contributed by atoms with Gasteiger partial charge in [-0.1, -0.05) is 51.9 Å². The maximum atomic E-state index is 11.8. The van der Waals surface area contributed by atoms with E-state index in [0.717, 1.165) is 19.3 Å².